The first kappa shape index (κ1) is 32.4. The Morgan fingerprint density at radius 1 is 0.816 bits per heavy atom. The molecule has 38 heavy (non-hydrogen) atoms. The molecule has 0 radical (unpaired) electrons. The van der Waals surface area contributed by atoms with Crippen LogP contribution in [0.4, 0.5) is 0 Å². The molecule has 4 aromatic rings. The van der Waals surface area contributed by atoms with Crippen molar-refractivity contribution in [3.05, 3.63) is 100 Å². The molecule has 0 saturated carbocycles. The predicted octanol–water partition coefficient (Wildman–Crippen LogP) is 4.46. The van der Waals surface area contributed by atoms with Gasteiger partial charge in [-0.1, -0.05) is 48.5 Å². The fraction of sp³-hybridized carbons (Fsp3) is 0.185. The van der Waals surface area contributed by atoms with E-state index in [2.05, 4.69) is 4.57 Å². The number of hydrogen-bond donors (Lipinski definition) is 4. The Balaban J connectivity index is 0.00000241. The smallest absolute Gasteiger partial charge is 0.253 e. The molecule has 0 bridgehead atoms. The number of halogens is 3. The minimum absolute atomic E-state index is 0. The molecule has 202 valence electrons. The number of carbonyl (C=O) groups excluding carboxylic acids is 1. The Bertz CT molecular complexity index is 1420. The molecular formula is C27H32Cl3N7O. The summed E-state index contributed by atoms with van der Waals surface area (Å²) in [7, 11) is 3.76. The molecule has 8 nitrogen and oxygen atoms in total. The number of nitrogens with zero attached hydrogens (tertiary/aromatic N) is 3. The molecular weight excluding hydrogens is 545 g/mol. The lowest BCUT2D eigenvalue weighted by Gasteiger charge is -2.17. The zero-order chi connectivity index (χ0) is 25.1. The van der Waals surface area contributed by atoms with Crippen molar-refractivity contribution in [2.24, 2.45) is 18.5 Å². The largest absolute Gasteiger partial charge is 0.384 e. The second kappa shape index (κ2) is 13.8. The summed E-state index contributed by atoms with van der Waals surface area (Å²) >= 11 is 0. The Labute approximate surface area is 240 Å². The van der Waals surface area contributed by atoms with Crippen molar-refractivity contribution < 1.29 is 4.79 Å². The highest BCUT2D eigenvalue weighted by molar-refractivity contribution is 5.97. The van der Waals surface area contributed by atoms with Gasteiger partial charge in [0.05, 0.1) is 11.0 Å². The second-order valence-corrected chi connectivity index (χ2v) is 8.67. The Morgan fingerprint density at radius 2 is 1.32 bits per heavy atom. The number of carbonyl (C=O) groups is 1. The number of aryl methyl sites for hydroxylation is 3. The molecule has 0 aliphatic rings. The number of nitrogen functional groups attached to an aromatic ring is 2. The first-order valence-corrected chi connectivity index (χ1v) is 11.3. The Morgan fingerprint density at radius 3 is 1.84 bits per heavy atom. The number of nitrogens with two attached hydrogens (primary N) is 2. The standard InChI is InChI=1S/C27H29N7O.3ClH/c1-33(16-18-5-10-20(11-6-18)26(30)31)27(35)21-12-13-23-22(15-21)32-24(34(23)2)14-7-17-3-8-19(9-4-17)25(28)29;;;/h3-6,8-13,15H,7,14,16H2,1-2H3,(H3,28,29)(H3,30,31);3*1H. The summed E-state index contributed by atoms with van der Waals surface area (Å²) in [5.74, 6) is 0.947. The Hall–Kier alpha value is -3.59. The van der Waals surface area contributed by atoms with Gasteiger partial charge in [-0.3, -0.25) is 15.6 Å². The number of amidine groups is 2. The molecule has 4 rings (SSSR count). The van der Waals surface area contributed by atoms with Gasteiger partial charge in [0, 0.05) is 43.8 Å². The van der Waals surface area contributed by atoms with Crippen molar-refractivity contribution in [1.82, 2.24) is 14.5 Å². The van der Waals surface area contributed by atoms with E-state index in [-0.39, 0.29) is 54.8 Å². The summed E-state index contributed by atoms with van der Waals surface area (Å²) in [6.07, 6.45) is 1.57. The molecule has 1 aromatic heterocycles. The maximum absolute atomic E-state index is 13.1. The van der Waals surface area contributed by atoms with E-state index in [9.17, 15) is 4.79 Å². The summed E-state index contributed by atoms with van der Waals surface area (Å²) in [6.45, 7) is 0.449. The van der Waals surface area contributed by atoms with Gasteiger partial charge in [0.2, 0.25) is 0 Å². The van der Waals surface area contributed by atoms with Gasteiger partial charge in [0.25, 0.3) is 5.91 Å². The molecule has 0 aliphatic carbocycles. The molecule has 1 amide bonds. The van der Waals surface area contributed by atoms with E-state index < -0.39 is 0 Å². The van der Waals surface area contributed by atoms with Gasteiger partial charge in [-0.25, -0.2) is 4.98 Å². The normalized spacial score (nSPS) is 10.1. The molecule has 6 N–H and O–H groups in total. The molecule has 0 aliphatic heterocycles. The lowest BCUT2D eigenvalue weighted by Crippen LogP contribution is -2.26. The summed E-state index contributed by atoms with van der Waals surface area (Å²) in [4.78, 5) is 19.5. The molecule has 0 atom stereocenters. The van der Waals surface area contributed by atoms with Crippen LogP contribution in [0.15, 0.2) is 66.7 Å². The average Bonchev–Trinajstić information content (AvgIpc) is 3.17. The number of amides is 1. The number of imidazole rings is 1. The summed E-state index contributed by atoms with van der Waals surface area (Å²) in [6, 6.07) is 20.6. The van der Waals surface area contributed by atoms with E-state index in [1.807, 2.05) is 61.6 Å². The van der Waals surface area contributed by atoms with Gasteiger partial charge < -0.3 is 20.9 Å². The Kier molecular flexibility index (Phi) is 11.8. The van der Waals surface area contributed by atoms with E-state index in [1.54, 1.807) is 24.1 Å². The summed E-state index contributed by atoms with van der Waals surface area (Å²) in [5, 5.41) is 15.0. The molecule has 3 aromatic carbocycles. The topological polar surface area (TPSA) is 138 Å². The molecule has 0 unspecified atom stereocenters. The van der Waals surface area contributed by atoms with Crippen molar-refractivity contribution in [2.45, 2.75) is 19.4 Å². The average molecular weight is 577 g/mol. The number of hydrogen-bond acceptors (Lipinski definition) is 4. The highest BCUT2D eigenvalue weighted by Crippen LogP contribution is 2.20. The number of rotatable bonds is 8. The monoisotopic (exact) mass is 575 g/mol. The maximum atomic E-state index is 13.1. The summed E-state index contributed by atoms with van der Waals surface area (Å²) < 4.78 is 2.06. The van der Waals surface area contributed by atoms with Gasteiger partial charge in [-0.15, -0.1) is 37.2 Å². The van der Waals surface area contributed by atoms with Crippen molar-refractivity contribution in [3.8, 4) is 0 Å². The van der Waals surface area contributed by atoms with E-state index in [0.29, 0.717) is 23.2 Å². The molecule has 0 fully saturated rings. The molecule has 11 heteroatoms. The lowest BCUT2D eigenvalue weighted by molar-refractivity contribution is 0.0785. The van der Waals surface area contributed by atoms with Gasteiger partial charge in [-0.2, -0.15) is 0 Å². The van der Waals surface area contributed by atoms with Crippen LogP contribution in [0.5, 0.6) is 0 Å². The van der Waals surface area contributed by atoms with Crippen LogP contribution < -0.4 is 11.5 Å². The first-order valence-electron chi connectivity index (χ1n) is 11.3. The van der Waals surface area contributed by atoms with Crippen LogP contribution >= 0.6 is 37.2 Å². The van der Waals surface area contributed by atoms with Gasteiger partial charge >= 0.3 is 0 Å². The van der Waals surface area contributed by atoms with Crippen molar-refractivity contribution in [2.75, 3.05) is 7.05 Å². The van der Waals surface area contributed by atoms with Crippen LogP contribution in [0.1, 0.15) is 38.4 Å². The second-order valence-electron chi connectivity index (χ2n) is 8.67. The number of benzene rings is 3. The number of nitrogens with one attached hydrogen (secondary N) is 2. The lowest BCUT2D eigenvalue weighted by atomic mass is 10.1. The van der Waals surface area contributed by atoms with E-state index >= 15 is 0 Å². The molecule has 0 saturated heterocycles. The van der Waals surface area contributed by atoms with E-state index in [4.69, 9.17) is 27.3 Å². The van der Waals surface area contributed by atoms with Crippen LogP contribution in [-0.4, -0.2) is 39.1 Å². The third-order valence-electron chi connectivity index (χ3n) is 6.15. The third-order valence-corrected chi connectivity index (χ3v) is 6.15. The minimum Gasteiger partial charge on any atom is -0.384 e. The van der Waals surface area contributed by atoms with Crippen molar-refractivity contribution >= 4 is 65.8 Å². The van der Waals surface area contributed by atoms with Gasteiger partial charge in [0.15, 0.2) is 0 Å². The fourth-order valence-corrected chi connectivity index (χ4v) is 4.07. The molecule has 1 heterocycles. The van der Waals surface area contributed by atoms with Crippen LogP contribution in [0.2, 0.25) is 0 Å². The third kappa shape index (κ3) is 7.25. The fourth-order valence-electron chi connectivity index (χ4n) is 4.07. The molecule has 0 spiro atoms. The van der Waals surface area contributed by atoms with Crippen LogP contribution in [0.25, 0.3) is 11.0 Å². The SMILES string of the molecule is CN(Cc1ccc(C(=N)N)cc1)C(=O)c1ccc2c(c1)nc(CCc1ccc(C(=N)N)cc1)n2C.Cl.Cl.Cl. The quantitative estimate of drug-likeness (QED) is 0.182. The predicted molar refractivity (Wildman–Crippen MR) is 161 cm³/mol. The highest BCUT2D eigenvalue weighted by atomic mass is 35.5. The summed E-state index contributed by atoms with van der Waals surface area (Å²) in [5.41, 5.74) is 16.9. The van der Waals surface area contributed by atoms with Gasteiger partial charge in [-0.05, 0) is 35.7 Å². The zero-order valence-electron chi connectivity index (χ0n) is 21.1. The number of fused-ring (bicyclic) bond motifs is 1. The van der Waals surface area contributed by atoms with Crippen LogP contribution in [0.3, 0.4) is 0 Å². The zero-order valence-corrected chi connectivity index (χ0v) is 23.6. The van der Waals surface area contributed by atoms with Crippen LogP contribution in [0, 0.1) is 10.8 Å². The highest BCUT2D eigenvalue weighted by Gasteiger charge is 2.15. The first-order chi connectivity index (χ1) is 16.7. The van der Waals surface area contributed by atoms with Crippen molar-refractivity contribution in [3.63, 3.8) is 0 Å². The minimum atomic E-state index is -0.0830. The van der Waals surface area contributed by atoms with Crippen LogP contribution in [-0.2, 0) is 26.4 Å². The van der Waals surface area contributed by atoms with Crippen molar-refractivity contribution in [1.29, 1.82) is 10.8 Å². The number of aromatic nitrogens is 2. The van der Waals surface area contributed by atoms with E-state index in [0.717, 1.165) is 40.8 Å². The maximum Gasteiger partial charge on any atom is 0.253 e. The van der Waals surface area contributed by atoms with Gasteiger partial charge in [0.1, 0.15) is 17.5 Å². The van der Waals surface area contributed by atoms with E-state index in [1.165, 1.54) is 0 Å².